The van der Waals surface area contributed by atoms with E-state index in [9.17, 15) is 4.79 Å². The van der Waals surface area contributed by atoms with Gasteiger partial charge in [-0.15, -0.1) is 0 Å². The van der Waals surface area contributed by atoms with E-state index in [1.807, 2.05) is 43.3 Å². The number of nitrogens with one attached hydrogen (secondary N) is 2. The van der Waals surface area contributed by atoms with Gasteiger partial charge in [0.25, 0.3) is 5.91 Å². The number of aromatic amines is 1. The molecule has 1 amide bonds. The molecule has 29 heavy (non-hydrogen) atoms. The van der Waals surface area contributed by atoms with Crippen LogP contribution in [0.3, 0.4) is 0 Å². The summed E-state index contributed by atoms with van der Waals surface area (Å²) in [4.78, 5) is 23.6. The molecule has 2 N–H and O–H groups in total. The largest absolute Gasteiger partial charge is 0.497 e. The number of carbonyl (C=O) groups excluding carboxylic acids is 1. The molecule has 0 fully saturated rings. The fraction of sp³-hybridized carbons (Fsp3) is 0.190. The summed E-state index contributed by atoms with van der Waals surface area (Å²) in [5, 5.41) is 4.89. The lowest BCUT2D eigenvalue weighted by Crippen LogP contribution is -2.27. The zero-order valence-corrected chi connectivity index (χ0v) is 16.0. The van der Waals surface area contributed by atoms with Crippen molar-refractivity contribution in [1.82, 2.24) is 20.3 Å². The second-order valence-electron chi connectivity index (χ2n) is 6.46. The number of ether oxygens (including phenoxy) is 2. The molecule has 8 nitrogen and oxygen atoms in total. The minimum Gasteiger partial charge on any atom is -0.497 e. The number of aromatic nitrogens is 3. The SMILES string of the molecule is COc1ccc2ccc(OCc3nc(C(=O)NC(C)c4ncc[nH]4)co3)cc2c1. The average molecular weight is 392 g/mol. The van der Waals surface area contributed by atoms with Crippen LogP contribution in [0.5, 0.6) is 11.5 Å². The Labute approximate surface area is 166 Å². The van der Waals surface area contributed by atoms with Crippen LogP contribution >= 0.6 is 0 Å². The molecule has 4 rings (SSSR count). The number of hydrogen-bond donors (Lipinski definition) is 2. The summed E-state index contributed by atoms with van der Waals surface area (Å²) in [6.45, 7) is 1.94. The molecule has 8 heteroatoms. The zero-order chi connectivity index (χ0) is 20.2. The molecule has 0 aliphatic carbocycles. The number of carbonyl (C=O) groups is 1. The van der Waals surface area contributed by atoms with Crippen LogP contribution in [-0.4, -0.2) is 28.0 Å². The normalized spacial score (nSPS) is 11.9. The third-order valence-electron chi connectivity index (χ3n) is 4.44. The molecule has 0 spiro atoms. The molecular formula is C21H20N4O4. The van der Waals surface area contributed by atoms with Crippen molar-refractivity contribution in [3.63, 3.8) is 0 Å². The smallest absolute Gasteiger partial charge is 0.273 e. The van der Waals surface area contributed by atoms with Gasteiger partial charge >= 0.3 is 0 Å². The van der Waals surface area contributed by atoms with Crippen molar-refractivity contribution in [2.24, 2.45) is 0 Å². The first-order valence-corrected chi connectivity index (χ1v) is 9.07. The van der Waals surface area contributed by atoms with Crippen LogP contribution in [0, 0.1) is 0 Å². The van der Waals surface area contributed by atoms with Crippen molar-refractivity contribution in [2.45, 2.75) is 19.6 Å². The molecule has 0 bridgehead atoms. The molecule has 1 atom stereocenters. The quantitative estimate of drug-likeness (QED) is 0.498. The van der Waals surface area contributed by atoms with Gasteiger partial charge in [-0.3, -0.25) is 4.79 Å². The summed E-state index contributed by atoms with van der Waals surface area (Å²) in [5.41, 5.74) is 0.185. The van der Waals surface area contributed by atoms with Crippen LogP contribution in [0.15, 0.2) is 59.5 Å². The Balaban J connectivity index is 1.39. The second-order valence-corrected chi connectivity index (χ2v) is 6.46. The molecule has 2 aromatic heterocycles. The third kappa shape index (κ3) is 4.21. The van der Waals surface area contributed by atoms with Gasteiger partial charge in [0.15, 0.2) is 12.3 Å². The number of H-pyrrole nitrogens is 1. The Morgan fingerprint density at radius 1 is 1.21 bits per heavy atom. The topological polar surface area (TPSA) is 102 Å². The van der Waals surface area contributed by atoms with E-state index < -0.39 is 0 Å². The van der Waals surface area contributed by atoms with E-state index in [2.05, 4.69) is 20.3 Å². The maximum absolute atomic E-state index is 12.3. The lowest BCUT2D eigenvalue weighted by atomic mass is 10.1. The maximum Gasteiger partial charge on any atom is 0.273 e. The molecule has 0 saturated carbocycles. The highest BCUT2D eigenvalue weighted by molar-refractivity contribution is 5.92. The van der Waals surface area contributed by atoms with Gasteiger partial charge < -0.3 is 24.2 Å². The Kier molecular flexibility index (Phi) is 5.15. The fourth-order valence-corrected chi connectivity index (χ4v) is 2.90. The number of hydrogen-bond acceptors (Lipinski definition) is 6. The molecule has 0 saturated heterocycles. The third-order valence-corrected chi connectivity index (χ3v) is 4.44. The van der Waals surface area contributed by atoms with Gasteiger partial charge in [0.1, 0.15) is 23.6 Å². The first-order valence-electron chi connectivity index (χ1n) is 9.07. The average Bonchev–Trinajstić information content (AvgIpc) is 3.43. The summed E-state index contributed by atoms with van der Waals surface area (Å²) in [5.74, 6) is 2.08. The molecule has 148 valence electrons. The first-order chi connectivity index (χ1) is 14.1. The van der Waals surface area contributed by atoms with E-state index in [4.69, 9.17) is 13.9 Å². The summed E-state index contributed by atoms with van der Waals surface area (Å²) in [7, 11) is 1.63. The predicted octanol–water partition coefficient (Wildman–Crippen LogP) is 3.63. The van der Waals surface area contributed by atoms with Crippen LogP contribution in [0.2, 0.25) is 0 Å². The fourth-order valence-electron chi connectivity index (χ4n) is 2.90. The van der Waals surface area contributed by atoms with Crippen LogP contribution < -0.4 is 14.8 Å². The number of oxazole rings is 1. The molecular weight excluding hydrogens is 372 g/mol. The molecule has 1 unspecified atom stereocenters. The first kappa shape index (κ1) is 18.5. The van der Waals surface area contributed by atoms with Crippen molar-refractivity contribution < 1.29 is 18.7 Å². The number of imidazole rings is 1. The minimum absolute atomic E-state index is 0.108. The number of benzene rings is 2. The van der Waals surface area contributed by atoms with Gasteiger partial charge in [-0.2, -0.15) is 0 Å². The van der Waals surface area contributed by atoms with Crippen molar-refractivity contribution in [2.75, 3.05) is 7.11 Å². The lowest BCUT2D eigenvalue weighted by Gasteiger charge is -2.09. The lowest BCUT2D eigenvalue weighted by molar-refractivity contribution is 0.0933. The highest BCUT2D eigenvalue weighted by Gasteiger charge is 2.17. The minimum atomic E-state index is -0.346. The highest BCUT2D eigenvalue weighted by Crippen LogP contribution is 2.25. The summed E-state index contributed by atoms with van der Waals surface area (Å²) in [6.07, 6.45) is 4.65. The van der Waals surface area contributed by atoms with Gasteiger partial charge in [-0.1, -0.05) is 12.1 Å². The Morgan fingerprint density at radius 2 is 2.00 bits per heavy atom. The number of methoxy groups -OCH3 is 1. The van der Waals surface area contributed by atoms with E-state index in [1.165, 1.54) is 6.26 Å². The Morgan fingerprint density at radius 3 is 2.76 bits per heavy atom. The Bertz CT molecular complexity index is 1120. The summed E-state index contributed by atoms with van der Waals surface area (Å²) < 4.78 is 16.4. The zero-order valence-electron chi connectivity index (χ0n) is 16.0. The van der Waals surface area contributed by atoms with E-state index in [-0.39, 0.29) is 24.2 Å². The van der Waals surface area contributed by atoms with E-state index >= 15 is 0 Å². The number of amides is 1. The number of rotatable bonds is 7. The van der Waals surface area contributed by atoms with Gasteiger partial charge in [-0.05, 0) is 42.0 Å². The monoisotopic (exact) mass is 392 g/mol. The van der Waals surface area contributed by atoms with Crippen molar-refractivity contribution in [3.8, 4) is 11.5 Å². The predicted molar refractivity (Wildman–Crippen MR) is 106 cm³/mol. The van der Waals surface area contributed by atoms with Crippen LogP contribution in [0.4, 0.5) is 0 Å². The van der Waals surface area contributed by atoms with Gasteiger partial charge in [0, 0.05) is 12.4 Å². The summed E-state index contributed by atoms with van der Waals surface area (Å²) in [6, 6.07) is 11.3. The van der Waals surface area contributed by atoms with Gasteiger partial charge in [0.05, 0.1) is 13.2 Å². The number of fused-ring (bicyclic) bond motifs is 1. The number of nitrogens with zero attached hydrogens (tertiary/aromatic N) is 2. The highest BCUT2D eigenvalue weighted by atomic mass is 16.5. The van der Waals surface area contributed by atoms with E-state index in [0.717, 1.165) is 16.5 Å². The van der Waals surface area contributed by atoms with Crippen LogP contribution in [-0.2, 0) is 6.61 Å². The Hall–Kier alpha value is -3.81. The van der Waals surface area contributed by atoms with Crippen LogP contribution in [0.25, 0.3) is 10.8 Å². The van der Waals surface area contributed by atoms with Crippen molar-refractivity contribution in [1.29, 1.82) is 0 Å². The molecule has 0 radical (unpaired) electrons. The molecule has 0 aliphatic heterocycles. The second kappa shape index (κ2) is 8.05. The summed E-state index contributed by atoms with van der Waals surface area (Å²) >= 11 is 0. The van der Waals surface area contributed by atoms with E-state index in [0.29, 0.717) is 17.5 Å². The maximum atomic E-state index is 12.3. The molecule has 4 aromatic rings. The molecule has 2 aromatic carbocycles. The van der Waals surface area contributed by atoms with Gasteiger partial charge in [0.2, 0.25) is 5.89 Å². The molecule has 0 aliphatic rings. The van der Waals surface area contributed by atoms with E-state index in [1.54, 1.807) is 19.5 Å². The molecule has 2 heterocycles. The van der Waals surface area contributed by atoms with Crippen LogP contribution in [0.1, 0.15) is 35.2 Å². The van der Waals surface area contributed by atoms with Crippen molar-refractivity contribution in [3.05, 3.63) is 72.5 Å². The van der Waals surface area contributed by atoms with Gasteiger partial charge in [-0.25, -0.2) is 9.97 Å². The standard InChI is InChI=1S/C21H20N4O4/c1-13(20-22-7-8-23-20)24-21(26)18-11-29-19(25-18)12-28-17-6-4-14-3-5-16(27-2)9-15(14)10-17/h3-11,13H,12H2,1-2H3,(H,22,23)(H,24,26). The van der Waals surface area contributed by atoms with Crippen molar-refractivity contribution >= 4 is 16.7 Å².